The van der Waals surface area contributed by atoms with Gasteiger partial charge in [0.25, 0.3) is 11.8 Å². The highest BCUT2D eigenvalue weighted by molar-refractivity contribution is 7.99. The normalized spacial score (nSPS) is 18.1. The number of phenols is 1. The number of rotatable bonds is 9. The van der Waals surface area contributed by atoms with Crippen LogP contribution < -0.4 is 15.4 Å². The summed E-state index contributed by atoms with van der Waals surface area (Å²) < 4.78 is 35.5. The number of phenolic OH excluding ortho intramolecular Hbond substituents is 1. The molecule has 0 radical (unpaired) electrons. The molecule has 4 heterocycles. The summed E-state index contributed by atoms with van der Waals surface area (Å²) in [4.78, 5) is 37.0. The van der Waals surface area contributed by atoms with Gasteiger partial charge in [0.05, 0.1) is 6.20 Å². The molecule has 2 amide bonds. The standard InChI is InChI=1S/C37H36F2N6O4S/c38-25-4-11-34-43-33(22-45(34)21-25)36(48)42-28-7-5-27(6-8-28)41-35(47)32-18-26(39)19-40-37(32)49-30-3-1-2-23(17-30)31-10-9-29(46)16-24(31)20-44-12-14-50-15-13-44/h1-4,9-11,16-19,21-22,27-28,46H,5-8,12-15,20H2,(H,41,47)(H,42,48)/t27-,28+. The van der Waals surface area contributed by atoms with E-state index in [1.54, 1.807) is 18.2 Å². The van der Waals surface area contributed by atoms with Crippen LogP contribution in [0, 0.1) is 11.6 Å². The highest BCUT2D eigenvalue weighted by Gasteiger charge is 2.27. The minimum atomic E-state index is -0.665. The molecule has 5 aromatic rings. The van der Waals surface area contributed by atoms with E-state index in [1.165, 1.54) is 28.9 Å². The molecular formula is C37H36F2N6O4S. The molecule has 0 atom stereocenters. The van der Waals surface area contributed by atoms with Gasteiger partial charge in [-0.2, -0.15) is 11.8 Å². The molecular weight excluding hydrogens is 663 g/mol. The molecule has 1 aliphatic heterocycles. The number of ether oxygens (including phenoxy) is 1. The second-order valence-electron chi connectivity index (χ2n) is 12.6. The summed E-state index contributed by atoms with van der Waals surface area (Å²) in [5, 5.41) is 16.2. The molecule has 10 nitrogen and oxygen atoms in total. The van der Waals surface area contributed by atoms with Gasteiger partial charge in [-0.3, -0.25) is 14.5 Å². The first-order valence-electron chi connectivity index (χ1n) is 16.6. The number of carbonyl (C=O) groups is 2. The van der Waals surface area contributed by atoms with Crippen molar-refractivity contribution in [1.29, 1.82) is 0 Å². The summed E-state index contributed by atoms with van der Waals surface area (Å²) >= 11 is 1.94. The summed E-state index contributed by atoms with van der Waals surface area (Å²) in [7, 11) is 0. The Labute approximate surface area is 291 Å². The number of pyridine rings is 2. The van der Waals surface area contributed by atoms with Crippen molar-refractivity contribution in [3.8, 4) is 28.5 Å². The second-order valence-corrected chi connectivity index (χ2v) is 13.8. The highest BCUT2D eigenvalue weighted by Crippen LogP contribution is 2.33. The second kappa shape index (κ2) is 14.9. The topological polar surface area (TPSA) is 121 Å². The predicted octanol–water partition coefficient (Wildman–Crippen LogP) is 6.19. The zero-order chi connectivity index (χ0) is 34.6. The van der Waals surface area contributed by atoms with E-state index in [4.69, 9.17) is 4.74 Å². The Kier molecular flexibility index (Phi) is 9.95. The van der Waals surface area contributed by atoms with Gasteiger partial charge in [-0.25, -0.2) is 18.7 Å². The molecule has 3 aromatic heterocycles. The average molecular weight is 699 g/mol. The summed E-state index contributed by atoms with van der Waals surface area (Å²) in [5.74, 6) is 0.819. The van der Waals surface area contributed by atoms with Crippen LogP contribution in [0.25, 0.3) is 16.8 Å². The number of aromatic nitrogens is 3. The van der Waals surface area contributed by atoms with Crippen LogP contribution >= 0.6 is 11.8 Å². The lowest BCUT2D eigenvalue weighted by atomic mass is 9.91. The van der Waals surface area contributed by atoms with Crippen LogP contribution in [0.15, 0.2) is 79.3 Å². The van der Waals surface area contributed by atoms with Crippen molar-refractivity contribution >= 4 is 29.2 Å². The zero-order valence-electron chi connectivity index (χ0n) is 27.1. The number of carbonyl (C=O) groups excluding carboxylic acids is 2. The summed E-state index contributed by atoms with van der Waals surface area (Å²) in [6.07, 6.45) is 6.19. The van der Waals surface area contributed by atoms with Gasteiger partial charge in [0.1, 0.15) is 40.0 Å². The molecule has 0 bridgehead atoms. The minimum Gasteiger partial charge on any atom is -0.508 e. The van der Waals surface area contributed by atoms with Crippen LogP contribution in [0.3, 0.4) is 0 Å². The maximum absolute atomic E-state index is 14.4. The van der Waals surface area contributed by atoms with Crippen molar-refractivity contribution in [2.45, 2.75) is 44.3 Å². The van der Waals surface area contributed by atoms with E-state index in [0.717, 1.165) is 53.5 Å². The van der Waals surface area contributed by atoms with Gasteiger partial charge in [-0.1, -0.05) is 18.2 Å². The molecule has 13 heteroatoms. The van der Waals surface area contributed by atoms with Crippen LogP contribution in [0.1, 0.15) is 52.1 Å². The first-order chi connectivity index (χ1) is 24.3. The van der Waals surface area contributed by atoms with E-state index < -0.39 is 17.5 Å². The number of hydrogen-bond acceptors (Lipinski definition) is 8. The third-order valence-corrected chi connectivity index (χ3v) is 10.00. The van der Waals surface area contributed by atoms with Gasteiger partial charge in [-0.05, 0) is 84.8 Å². The van der Waals surface area contributed by atoms with E-state index in [-0.39, 0.29) is 40.9 Å². The molecule has 50 heavy (non-hydrogen) atoms. The molecule has 2 aromatic carbocycles. The van der Waals surface area contributed by atoms with E-state index >= 15 is 0 Å². The Balaban J connectivity index is 0.992. The van der Waals surface area contributed by atoms with Crippen molar-refractivity contribution < 1.29 is 28.2 Å². The lowest BCUT2D eigenvalue weighted by Crippen LogP contribution is -2.44. The first-order valence-corrected chi connectivity index (χ1v) is 17.7. The number of thioether (sulfide) groups is 1. The maximum atomic E-state index is 14.4. The van der Waals surface area contributed by atoms with E-state index in [2.05, 4.69) is 25.5 Å². The lowest BCUT2D eigenvalue weighted by Gasteiger charge is -2.29. The maximum Gasteiger partial charge on any atom is 0.271 e. The molecule has 0 unspecified atom stereocenters. The van der Waals surface area contributed by atoms with Crippen molar-refractivity contribution in [1.82, 2.24) is 29.9 Å². The number of imidazole rings is 1. The van der Waals surface area contributed by atoms with Crippen LogP contribution in [0.2, 0.25) is 0 Å². The zero-order valence-corrected chi connectivity index (χ0v) is 28.0. The Bertz CT molecular complexity index is 2030. The van der Waals surface area contributed by atoms with Gasteiger partial charge < -0.3 is 24.9 Å². The van der Waals surface area contributed by atoms with Crippen molar-refractivity contribution in [2.75, 3.05) is 24.6 Å². The number of fused-ring (bicyclic) bond motifs is 1. The SMILES string of the molecule is O=C(N[C@H]1CC[C@@H](NC(=O)c2cc(F)cnc2Oc2cccc(-c3ccc(O)cc3CN3CCSCC3)c2)CC1)c1cn2cc(F)ccc2n1. The Morgan fingerprint density at radius 2 is 1.66 bits per heavy atom. The fourth-order valence-corrected chi connectivity index (χ4v) is 7.46. The molecule has 2 aliphatic rings. The molecule has 258 valence electrons. The number of aromatic hydroxyl groups is 1. The molecule has 1 aliphatic carbocycles. The van der Waals surface area contributed by atoms with Crippen LogP contribution in [0.5, 0.6) is 17.4 Å². The fourth-order valence-electron chi connectivity index (χ4n) is 6.48. The number of amides is 2. The predicted molar refractivity (Wildman–Crippen MR) is 187 cm³/mol. The fraction of sp³-hybridized carbons (Fsp3) is 0.297. The summed E-state index contributed by atoms with van der Waals surface area (Å²) in [5.41, 5.74) is 3.47. The third-order valence-electron chi connectivity index (χ3n) is 9.05. The Hall–Kier alpha value is -5.01. The van der Waals surface area contributed by atoms with Crippen molar-refractivity contribution in [3.63, 3.8) is 0 Å². The van der Waals surface area contributed by atoms with Crippen molar-refractivity contribution in [2.24, 2.45) is 0 Å². The molecule has 2 fully saturated rings. The van der Waals surface area contributed by atoms with E-state index in [9.17, 15) is 23.5 Å². The van der Waals surface area contributed by atoms with Gasteiger partial charge in [-0.15, -0.1) is 0 Å². The average Bonchev–Trinajstić information content (AvgIpc) is 3.54. The molecule has 1 saturated carbocycles. The van der Waals surface area contributed by atoms with Gasteiger partial charge in [0.2, 0.25) is 5.88 Å². The summed E-state index contributed by atoms with van der Waals surface area (Å²) in [6.45, 7) is 2.67. The quantitative estimate of drug-likeness (QED) is 0.167. The smallest absolute Gasteiger partial charge is 0.271 e. The largest absolute Gasteiger partial charge is 0.508 e. The van der Waals surface area contributed by atoms with Crippen LogP contribution in [-0.4, -0.2) is 72.9 Å². The Morgan fingerprint density at radius 1 is 0.900 bits per heavy atom. The molecule has 3 N–H and O–H groups in total. The van der Waals surface area contributed by atoms with E-state index in [0.29, 0.717) is 43.6 Å². The summed E-state index contributed by atoms with van der Waals surface area (Å²) in [6, 6.07) is 16.3. The molecule has 0 spiro atoms. The van der Waals surface area contributed by atoms with Gasteiger partial charge in [0, 0.05) is 55.6 Å². The van der Waals surface area contributed by atoms with E-state index in [1.807, 2.05) is 36.0 Å². The number of hydrogen-bond donors (Lipinski definition) is 3. The van der Waals surface area contributed by atoms with Crippen LogP contribution in [-0.2, 0) is 6.54 Å². The lowest BCUT2D eigenvalue weighted by molar-refractivity contribution is 0.0888. The number of halogens is 2. The van der Waals surface area contributed by atoms with Gasteiger partial charge >= 0.3 is 0 Å². The third kappa shape index (κ3) is 7.89. The minimum absolute atomic E-state index is 0.0221. The van der Waals surface area contributed by atoms with Crippen LogP contribution in [0.4, 0.5) is 8.78 Å². The van der Waals surface area contributed by atoms with Gasteiger partial charge in [0.15, 0.2) is 0 Å². The monoisotopic (exact) mass is 698 g/mol. The molecule has 1 saturated heterocycles. The Morgan fingerprint density at radius 3 is 2.44 bits per heavy atom. The number of nitrogens with zero attached hydrogens (tertiary/aromatic N) is 4. The highest BCUT2D eigenvalue weighted by atomic mass is 32.2. The van der Waals surface area contributed by atoms with Crippen molar-refractivity contribution in [3.05, 3.63) is 108 Å². The first kappa shape index (κ1) is 33.5. The molecule has 7 rings (SSSR count). The number of benzene rings is 2. The number of nitrogens with one attached hydrogen (secondary N) is 2.